The van der Waals surface area contributed by atoms with Crippen molar-refractivity contribution in [1.82, 2.24) is 0 Å². The Morgan fingerprint density at radius 3 is 2.00 bits per heavy atom. The fourth-order valence-electron chi connectivity index (χ4n) is 1.58. The molecule has 0 amide bonds. The maximum Gasteiger partial charge on any atom is 0.122 e. The Balaban J connectivity index is 2.37. The third-order valence-electron chi connectivity index (χ3n) is 2.65. The van der Waals surface area contributed by atoms with Crippen molar-refractivity contribution in [2.75, 3.05) is 27.4 Å². The summed E-state index contributed by atoms with van der Waals surface area (Å²) < 4.78 is 15.5. The van der Waals surface area contributed by atoms with E-state index in [0.717, 1.165) is 17.1 Å². The van der Waals surface area contributed by atoms with Gasteiger partial charge >= 0.3 is 0 Å². The van der Waals surface area contributed by atoms with Gasteiger partial charge in [-0.25, -0.2) is 0 Å². The van der Waals surface area contributed by atoms with Crippen LogP contribution in [-0.2, 0) is 10.3 Å². The molecule has 1 saturated heterocycles. The Bertz CT molecular complexity index is 339. The maximum atomic E-state index is 6.14. The Morgan fingerprint density at radius 1 is 1.13 bits per heavy atom. The van der Waals surface area contributed by atoms with Crippen LogP contribution in [0.25, 0.3) is 0 Å². The van der Waals surface area contributed by atoms with E-state index in [9.17, 15) is 0 Å². The van der Waals surface area contributed by atoms with Crippen LogP contribution in [0.15, 0.2) is 18.2 Å². The molecule has 1 aliphatic rings. The van der Waals surface area contributed by atoms with Crippen molar-refractivity contribution in [3.05, 3.63) is 23.8 Å². The second kappa shape index (κ2) is 3.72. The molecule has 0 aromatic heterocycles. The zero-order valence-corrected chi connectivity index (χ0v) is 8.95. The van der Waals surface area contributed by atoms with Crippen LogP contribution >= 0.6 is 0 Å². The molecule has 0 unspecified atom stereocenters. The van der Waals surface area contributed by atoms with Crippen LogP contribution in [0.1, 0.15) is 5.56 Å². The highest BCUT2D eigenvalue weighted by Gasteiger charge is 2.36. The highest BCUT2D eigenvalue weighted by molar-refractivity contribution is 5.42. The number of ether oxygens (including phenoxy) is 3. The van der Waals surface area contributed by atoms with Crippen molar-refractivity contribution < 1.29 is 14.2 Å². The lowest BCUT2D eigenvalue weighted by Gasteiger charge is -2.38. The average molecular weight is 209 g/mol. The van der Waals surface area contributed by atoms with E-state index in [4.69, 9.17) is 19.9 Å². The minimum absolute atomic E-state index is 0.387. The molecule has 1 aliphatic heterocycles. The largest absolute Gasteiger partial charge is 0.497 e. The molecule has 0 radical (unpaired) electrons. The van der Waals surface area contributed by atoms with Gasteiger partial charge in [-0.3, -0.25) is 0 Å². The fraction of sp³-hybridized carbons (Fsp3) is 0.455. The van der Waals surface area contributed by atoms with E-state index in [-0.39, 0.29) is 5.54 Å². The van der Waals surface area contributed by atoms with Crippen LogP contribution in [0.5, 0.6) is 11.5 Å². The van der Waals surface area contributed by atoms with Gasteiger partial charge in [-0.05, 0) is 17.7 Å². The third-order valence-corrected chi connectivity index (χ3v) is 2.65. The first-order valence-electron chi connectivity index (χ1n) is 4.78. The summed E-state index contributed by atoms with van der Waals surface area (Å²) in [4.78, 5) is 0. The summed E-state index contributed by atoms with van der Waals surface area (Å²) in [6, 6.07) is 5.67. The van der Waals surface area contributed by atoms with Crippen LogP contribution < -0.4 is 15.2 Å². The summed E-state index contributed by atoms with van der Waals surface area (Å²) in [7, 11) is 3.25. The molecule has 1 aromatic rings. The molecule has 1 aromatic carbocycles. The number of hydrogen-bond acceptors (Lipinski definition) is 4. The minimum Gasteiger partial charge on any atom is -0.497 e. The molecule has 0 aliphatic carbocycles. The Morgan fingerprint density at radius 2 is 1.67 bits per heavy atom. The lowest BCUT2D eigenvalue weighted by Crippen LogP contribution is -2.54. The molecule has 1 heterocycles. The molecule has 0 spiro atoms. The van der Waals surface area contributed by atoms with Crippen molar-refractivity contribution in [3.63, 3.8) is 0 Å². The van der Waals surface area contributed by atoms with Crippen molar-refractivity contribution >= 4 is 0 Å². The van der Waals surface area contributed by atoms with Crippen LogP contribution in [0.2, 0.25) is 0 Å². The van der Waals surface area contributed by atoms with Crippen molar-refractivity contribution in [2.45, 2.75) is 5.54 Å². The van der Waals surface area contributed by atoms with Crippen LogP contribution in [-0.4, -0.2) is 27.4 Å². The second-order valence-electron chi connectivity index (χ2n) is 3.75. The number of benzene rings is 1. The van der Waals surface area contributed by atoms with Gasteiger partial charge in [0, 0.05) is 6.07 Å². The highest BCUT2D eigenvalue weighted by Crippen LogP contribution is 2.32. The molecular weight excluding hydrogens is 194 g/mol. The van der Waals surface area contributed by atoms with E-state index in [1.165, 1.54) is 0 Å². The monoisotopic (exact) mass is 209 g/mol. The number of rotatable bonds is 3. The first-order chi connectivity index (χ1) is 7.18. The molecule has 4 heteroatoms. The number of hydrogen-bond donors (Lipinski definition) is 1. The molecule has 82 valence electrons. The Kier molecular flexibility index (Phi) is 2.54. The summed E-state index contributed by atoms with van der Waals surface area (Å²) in [6.45, 7) is 1.09. The van der Waals surface area contributed by atoms with Gasteiger partial charge < -0.3 is 19.9 Å². The zero-order chi connectivity index (χ0) is 10.9. The van der Waals surface area contributed by atoms with Crippen LogP contribution in [0, 0.1) is 0 Å². The van der Waals surface area contributed by atoms with Crippen LogP contribution in [0.3, 0.4) is 0 Å². The lowest BCUT2D eigenvalue weighted by atomic mass is 9.89. The van der Waals surface area contributed by atoms with E-state index in [1.54, 1.807) is 14.2 Å². The van der Waals surface area contributed by atoms with Gasteiger partial charge in [0.25, 0.3) is 0 Å². The molecular formula is C11H15NO3. The molecule has 1 fully saturated rings. The quantitative estimate of drug-likeness (QED) is 0.803. The first-order valence-corrected chi connectivity index (χ1v) is 4.78. The standard InChI is InChI=1S/C11H15NO3/c1-13-9-3-8(4-10(5-9)14-2)11(12)6-15-7-11/h3-5H,6-7,12H2,1-2H3. The number of nitrogens with two attached hydrogens (primary N) is 1. The van der Waals surface area contributed by atoms with Gasteiger partial charge in [0.2, 0.25) is 0 Å². The van der Waals surface area contributed by atoms with E-state index >= 15 is 0 Å². The van der Waals surface area contributed by atoms with Gasteiger partial charge in [-0.2, -0.15) is 0 Å². The Labute approximate surface area is 88.9 Å². The summed E-state index contributed by atoms with van der Waals surface area (Å²) >= 11 is 0. The normalized spacial score (nSPS) is 18.1. The second-order valence-corrected chi connectivity index (χ2v) is 3.75. The molecule has 0 bridgehead atoms. The topological polar surface area (TPSA) is 53.7 Å². The third kappa shape index (κ3) is 1.78. The molecule has 2 rings (SSSR count). The first kappa shape index (κ1) is 10.3. The average Bonchev–Trinajstić information content (AvgIpc) is 2.25. The van der Waals surface area contributed by atoms with Crippen molar-refractivity contribution in [1.29, 1.82) is 0 Å². The molecule has 4 nitrogen and oxygen atoms in total. The van der Waals surface area contributed by atoms with Gasteiger partial charge in [0.05, 0.1) is 33.0 Å². The van der Waals surface area contributed by atoms with Crippen molar-refractivity contribution in [2.24, 2.45) is 5.73 Å². The SMILES string of the molecule is COc1cc(OC)cc(C2(N)COC2)c1. The molecule has 2 N–H and O–H groups in total. The number of methoxy groups -OCH3 is 2. The van der Waals surface area contributed by atoms with Crippen LogP contribution in [0.4, 0.5) is 0 Å². The molecule has 0 saturated carbocycles. The summed E-state index contributed by atoms with van der Waals surface area (Å²) in [5, 5.41) is 0. The van der Waals surface area contributed by atoms with Gasteiger partial charge in [0.15, 0.2) is 0 Å². The minimum atomic E-state index is -0.387. The van der Waals surface area contributed by atoms with E-state index in [0.29, 0.717) is 13.2 Å². The fourth-order valence-corrected chi connectivity index (χ4v) is 1.58. The van der Waals surface area contributed by atoms with Gasteiger partial charge in [0.1, 0.15) is 11.5 Å². The molecule has 15 heavy (non-hydrogen) atoms. The summed E-state index contributed by atoms with van der Waals surface area (Å²) in [5.74, 6) is 1.50. The summed E-state index contributed by atoms with van der Waals surface area (Å²) in [5.41, 5.74) is 6.74. The van der Waals surface area contributed by atoms with Gasteiger partial charge in [-0.1, -0.05) is 0 Å². The predicted octanol–water partition coefficient (Wildman–Crippen LogP) is 0.888. The summed E-state index contributed by atoms with van der Waals surface area (Å²) in [6.07, 6.45) is 0. The van der Waals surface area contributed by atoms with Crippen molar-refractivity contribution in [3.8, 4) is 11.5 Å². The zero-order valence-electron chi connectivity index (χ0n) is 8.95. The predicted molar refractivity (Wildman–Crippen MR) is 56.2 cm³/mol. The maximum absolute atomic E-state index is 6.14. The Hall–Kier alpha value is -1.26. The lowest BCUT2D eigenvalue weighted by molar-refractivity contribution is -0.0570. The smallest absolute Gasteiger partial charge is 0.122 e. The van der Waals surface area contributed by atoms with Gasteiger partial charge in [-0.15, -0.1) is 0 Å². The van der Waals surface area contributed by atoms with E-state index in [1.807, 2.05) is 18.2 Å². The van der Waals surface area contributed by atoms with E-state index < -0.39 is 0 Å². The van der Waals surface area contributed by atoms with E-state index in [2.05, 4.69) is 0 Å². The molecule has 0 atom stereocenters. The highest BCUT2D eigenvalue weighted by atomic mass is 16.5.